The Labute approximate surface area is 196 Å². The van der Waals surface area contributed by atoms with Gasteiger partial charge in [0.1, 0.15) is 23.0 Å². The SMILES string of the molecule is COc1ccc(F)cc1C(=O)NCc1ccc(C(N)=C(C(N)=O)C(N)=NC2CCCOC2)cc1. The maximum atomic E-state index is 13.5. The number of aliphatic imine (C=N–C) groups is 1. The van der Waals surface area contributed by atoms with Crippen molar-refractivity contribution in [3.8, 4) is 5.75 Å². The van der Waals surface area contributed by atoms with Crippen LogP contribution < -0.4 is 27.3 Å². The van der Waals surface area contributed by atoms with E-state index in [0.29, 0.717) is 18.8 Å². The van der Waals surface area contributed by atoms with Crippen molar-refractivity contribution in [1.29, 1.82) is 0 Å². The molecule has 1 heterocycles. The monoisotopic (exact) mass is 469 g/mol. The maximum Gasteiger partial charge on any atom is 0.255 e. The van der Waals surface area contributed by atoms with E-state index in [0.717, 1.165) is 24.5 Å². The standard InChI is InChI=1S/C24H28FN5O4/c1-33-19-9-8-16(25)11-18(19)24(32)29-12-14-4-6-15(7-5-14)21(26)20(23(28)31)22(27)30-17-3-2-10-34-13-17/h4-9,11,17H,2-3,10,12-13,26H2,1H3,(H2,27,30)(H2,28,31)(H,29,32). The third kappa shape index (κ3) is 6.10. The van der Waals surface area contributed by atoms with Crippen LogP contribution in [0.15, 0.2) is 53.0 Å². The molecule has 0 saturated carbocycles. The molecule has 2 aromatic carbocycles. The third-order valence-corrected chi connectivity index (χ3v) is 5.35. The molecule has 2 aromatic rings. The summed E-state index contributed by atoms with van der Waals surface area (Å²) in [6.45, 7) is 1.28. The summed E-state index contributed by atoms with van der Waals surface area (Å²) in [7, 11) is 1.40. The van der Waals surface area contributed by atoms with Crippen molar-refractivity contribution >= 4 is 23.3 Å². The summed E-state index contributed by atoms with van der Waals surface area (Å²) in [5, 5.41) is 2.72. The summed E-state index contributed by atoms with van der Waals surface area (Å²) >= 11 is 0. The van der Waals surface area contributed by atoms with E-state index in [-0.39, 0.29) is 41.0 Å². The highest BCUT2D eigenvalue weighted by Gasteiger charge is 2.20. The minimum Gasteiger partial charge on any atom is -0.496 e. The Balaban J connectivity index is 1.73. The molecular formula is C24H28FN5O4. The number of nitrogens with one attached hydrogen (secondary N) is 1. The second-order valence-electron chi connectivity index (χ2n) is 7.76. The topological polar surface area (TPSA) is 155 Å². The van der Waals surface area contributed by atoms with Gasteiger partial charge in [0.25, 0.3) is 11.8 Å². The molecule has 180 valence electrons. The van der Waals surface area contributed by atoms with Crippen molar-refractivity contribution in [3.63, 3.8) is 0 Å². The van der Waals surface area contributed by atoms with Crippen LogP contribution in [0.4, 0.5) is 4.39 Å². The first-order valence-corrected chi connectivity index (χ1v) is 10.7. The van der Waals surface area contributed by atoms with E-state index in [1.807, 2.05) is 0 Å². The van der Waals surface area contributed by atoms with Crippen LogP contribution in [0.1, 0.15) is 34.3 Å². The van der Waals surface area contributed by atoms with Gasteiger partial charge in [-0.1, -0.05) is 24.3 Å². The minimum absolute atomic E-state index is 0.0270. The number of rotatable bonds is 8. The lowest BCUT2D eigenvalue weighted by Gasteiger charge is -2.19. The largest absolute Gasteiger partial charge is 0.496 e. The molecule has 0 spiro atoms. The minimum atomic E-state index is -0.782. The summed E-state index contributed by atoms with van der Waals surface area (Å²) in [6, 6.07) is 10.4. The number of halogens is 1. The van der Waals surface area contributed by atoms with E-state index < -0.39 is 17.6 Å². The fourth-order valence-electron chi connectivity index (χ4n) is 3.57. The van der Waals surface area contributed by atoms with Crippen LogP contribution in [-0.4, -0.2) is 44.0 Å². The molecule has 34 heavy (non-hydrogen) atoms. The Hall–Kier alpha value is -3.92. The Kier molecular flexibility index (Phi) is 8.20. The van der Waals surface area contributed by atoms with Crippen LogP contribution >= 0.6 is 0 Å². The second-order valence-corrected chi connectivity index (χ2v) is 7.76. The summed E-state index contributed by atoms with van der Waals surface area (Å²) < 4.78 is 24.0. The first kappa shape index (κ1) is 24.7. The van der Waals surface area contributed by atoms with E-state index in [9.17, 15) is 14.0 Å². The number of amidine groups is 1. The van der Waals surface area contributed by atoms with Crippen molar-refractivity contribution < 1.29 is 23.5 Å². The van der Waals surface area contributed by atoms with Crippen LogP contribution in [-0.2, 0) is 16.1 Å². The molecular weight excluding hydrogens is 441 g/mol. The molecule has 1 aliphatic heterocycles. The van der Waals surface area contributed by atoms with E-state index in [2.05, 4.69) is 10.3 Å². The van der Waals surface area contributed by atoms with Gasteiger partial charge in [-0.05, 0) is 42.2 Å². The van der Waals surface area contributed by atoms with Gasteiger partial charge in [0, 0.05) is 13.2 Å². The quantitative estimate of drug-likeness (QED) is 0.261. The molecule has 9 nitrogen and oxygen atoms in total. The number of benzene rings is 2. The van der Waals surface area contributed by atoms with E-state index in [1.165, 1.54) is 19.2 Å². The highest BCUT2D eigenvalue weighted by molar-refractivity contribution is 6.24. The van der Waals surface area contributed by atoms with Gasteiger partial charge < -0.3 is 32.0 Å². The number of primary amides is 1. The Bertz CT molecular complexity index is 1110. The molecule has 0 bridgehead atoms. The fourth-order valence-corrected chi connectivity index (χ4v) is 3.57. The Morgan fingerprint density at radius 3 is 2.53 bits per heavy atom. The van der Waals surface area contributed by atoms with Crippen molar-refractivity contribution in [3.05, 3.63) is 70.5 Å². The average molecular weight is 470 g/mol. The van der Waals surface area contributed by atoms with Crippen molar-refractivity contribution in [2.45, 2.75) is 25.4 Å². The molecule has 2 amide bonds. The van der Waals surface area contributed by atoms with Gasteiger partial charge >= 0.3 is 0 Å². The van der Waals surface area contributed by atoms with Crippen LogP contribution in [0.2, 0.25) is 0 Å². The number of hydrogen-bond donors (Lipinski definition) is 4. The van der Waals surface area contributed by atoms with Gasteiger partial charge in [0.15, 0.2) is 0 Å². The van der Waals surface area contributed by atoms with Gasteiger partial charge in [0.05, 0.1) is 31.0 Å². The summed E-state index contributed by atoms with van der Waals surface area (Å²) in [6.07, 6.45) is 1.66. The summed E-state index contributed by atoms with van der Waals surface area (Å²) in [4.78, 5) is 28.9. The third-order valence-electron chi connectivity index (χ3n) is 5.35. The lowest BCUT2D eigenvalue weighted by Crippen LogP contribution is -2.32. The zero-order chi connectivity index (χ0) is 24.7. The van der Waals surface area contributed by atoms with Crippen LogP contribution in [0.5, 0.6) is 5.75 Å². The number of carbonyl (C=O) groups excluding carboxylic acids is 2. The normalized spacial score (nSPS) is 17.0. The predicted octanol–water partition coefficient (Wildman–Crippen LogP) is 1.46. The average Bonchev–Trinajstić information content (AvgIpc) is 2.83. The zero-order valence-electron chi connectivity index (χ0n) is 18.8. The van der Waals surface area contributed by atoms with Crippen molar-refractivity contribution in [2.75, 3.05) is 20.3 Å². The molecule has 1 atom stereocenters. The summed E-state index contributed by atoms with van der Waals surface area (Å²) in [5.41, 5.74) is 19.2. The maximum absolute atomic E-state index is 13.5. The predicted molar refractivity (Wildman–Crippen MR) is 126 cm³/mol. The van der Waals surface area contributed by atoms with Crippen molar-refractivity contribution in [2.24, 2.45) is 22.2 Å². The van der Waals surface area contributed by atoms with Gasteiger partial charge in [-0.2, -0.15) is 0 Å². The smallest absolute Gasteiger partial charge is 0.255 e. The lowest BCUT2D eigenvalue weighted by molar-refractivity contribution is -0.114. The number of carbonyl (C=O) groups is 2. The Morgan fingerprint density at radius 2 is 1.91 bits per heavy atom. The van der Waals surface area contributed by atoms with E-state index in [1.54, 1.807) is 24.3 Å². The highest BCUT2D eigenvalue weighted by Crippen LogP contribution is 2.20. The van der Waals surface area contributed by atoms with Crippen LogP contribution in [0.3, 0.4) is 0 Å². The van der Waals surface area contributed by atoms with E-state index in [4.69, 9.17) is 26.7 Å². The molecule has 7 N–H and O–H groups in total. The van der Waals surface area contributed by atoms with Gasteiger partial charge in [-0.3, -0.25) is 14.6 Å². The molecule has 1 aliphatic rings. The number of hydrogen-bond acceptors (Lipinski definition) is 6. The number of nitrogens with two attached hydrogens (primary N) is 3. The molecule has 1 saturated heterocycles. The molecule has 1 fully saturated rings. The molecule has 0 aromatic heterocycles. The van der Waals surface area contributed by atoms with Gasteiger partial charge in [0.2, 0.25) is 0 Å². The first-order valence-electron chi connectivity index (χ1n) is 10.7. The molecule has 0 aliphatic carbocycles. The van der Waals surface area contributed by atoms with Crippen LogP contribution in [0, 0.1) is 5.82 Å². The zero-order valence-corrected chi connectivity index (χ0v) is 18.8. The highest BCUT2D eigenvalue weighted by atomic mass is 19.1. The number of amides is 2. The van der Waals surface area contributed by atoms with Gasteiger partial charge in [-0.15, -0.1) is 0 Å². The summed E-state index contributed by atoms with van der Waals surface area (Å²) in [5.74, 6) is -1.56. The van der Waals surface area contributed by atoms with Crippen LogP contribution in [0.25, 0.3) is 5.70 Å². The van der Waals surface area contributed by atoms with Crippen molar-refractivity contribution in [1.82, 2.24) is 5.32 Å². The molecule has 3 rings (SSSR count). The molecule has 10 heteroatoms. The lowest BCUT2D eigenvalue weighted by atomic mass is 10.0. The second kappa shape index (κ2) is 11.3. The van der Waals surface area contributed by atoms with E-state index >= 15 is 0 Å². The number of ether oxygens (including phenoxy) is 2. The number of nitrogens with zero attached hydrogens (tertiary/aromatic N) is 1. The fraction of sp³-hybridized carbons (Fsp3) is 0.292. The van der Waals surface area contributed by atoms with Gasteiger partial charge in [-0.25, -0.2) is 4.39 Å². The first-order chi connectivity index (χ1) is 16.3. The molecule has 1 unspecified atom stereocenters. The molecule has 0 radical (unpaired) electrons. The Morgan fingerprint density at radius 1 is 1.18 bits per heavy atom. The number of methoxy groups -OCH3 is 1.